The number of imidazole rings is 1. The van der Waals surface area contributed by atoms with E-state index in [0.717, 1.165) is 61.7 Å². The van der Waals surface area contributed by atoms with Gasteiger partial charge in [0.25, 0.3) is 5.91 Å². The number of amides is 1. The predicted octanol–water partition coefficient (Wildman–Crippen LogP) is 4.99. The Labute approximate surface area is 247 Å². The summed E-state index contributed by atoms with van der Waals surface area (Å²) in [5.41, 5.74) is 1.80. The molecule has 11 heteroatoms. The topological polar surface area (TPSA) is 98.6 Å². The minimum Gasteiger partial charge on any atom is -0.453 e. The van der Waals surface area contributed by atoms with Crippen LogP contribution in [0.3, 0.4) is 0 Å². The molecule has 0 radical (unpaired) electrons. The molecule has 0 atom stereocenters. The van der Waals surface area contributed by atoms with Crippen molar-refractivity contribution in [3.63, 3.8) is 0 Å². The smallest absolute Gasteiger partial charge is 0.269 e. The lowest BCUT2D eigenvalue weighted by atomic mass is 10.0. The van der Waals surface area contributed by atoms with Crippen LogP contribution in [0, 0.1) is 11.7 Å². The summed E-state index contributed by atoms with van der Waals surface area (Å²) in [4.78, 5) is 37.2. The Bertz CT molecular complexity index is 1590. The lowest BCUT2D eigenvalue weighted by molar-refractivity contribution is -0.118. The molecule has 0 unspecified atom stereocenters. The zero-order valence-electron chi connectivity index (χ0n) is 23.6. The van der Waals surface area contributed by atoms with E-state index in [9.17, 15) is 14.0 Å². The number of pyridine rings is 1. The number of carbonyl (C=O) groups excluding carboxylic acids is 2. The fourth-order valence-electron chi connectivity index (χ4n) is 5.17. The van der Waals surface area contributed by atoms with E-state index in [1.807, 2.05) is 13.1 Å². The summed E-state index contributed by atoms with van der Waals surface area (Å²) in [6, 6.07) is 8.28. The van der Waals surface area contributed by atoms with Gasteiger partial charge in [0, 0.05) is 51.8 Å². The van der Waals surface area contributed by atoms with E-state index in [-0.39, 0.29) is 23.9 Å². The molecule has 1 N–H and O–H groups in total. The number of nitrogens with one attached hydrogen (secondary N) is 1. The van der Waals surface area contributed by atoms with Crippen molar-refractivity contribution in [1.82, 2.24) is 24.8 Å². The first kappa shape index (κ1) is 28.4. The monoisotopic (exact) mass is 591 g/mol. The summed E-state index contributed by atoms with van der Waals surface area (Å²) in [7, 11) is 1.81. The Morgan fingerprint density at radius 3 is 2.76 bits per heavy atom. The van der Waals surface area contributed by atoms with Crippen LogP contribution in [0.15, 0.2) is 42.7 Å². The largest absolute Gasteiger partial charge is 0.453 e. The van der Waals surface area contributed by atoms with Crippen molar-refractivity contribution in [2.45, 2.75) is 32.1 Å². The van der Waals surface area contributed by atoms with E-state index >= 15 is 0 Å². The van der Waals surface area contributed by atoms with Crippen molar-refractivity contribution >= 4 is 33.2 Å². The molecule has 9 nitrogen and oxygen atoms in total. The minimum atomic E-state index is -0.516. The number of thiophene rings is 1. The number of Topliss-reactive ketones (excluding diaryl/α,β-unsaturated/α-hetero) is 1. The lowest BCUT2D eigenvalue weighted by Crippen LogP contribution is -2.38. The van der Waals surface area contributed by atoms with Gasteiger partial charge in [0.1, 0.15) is 23.1 Å². The van der Waals surface area contributed by atoms with Gasteiger partial charge in [-0.15, -0.1) is 11.3 Å². The first-order valence-electron chi connectivity index (χ1n) is 14.4. The molecule has 1 saturated heterocycles. The van der Waals surface area contributed by atoms with Crippen molar-refractivity contribution < 1.29 is 23.5 Å². The Morgan fingerprint density at radius 2 is 1.98 bits per heavy atom. The molecule has 1 amide bonds. The van der Waals surface area contributed by atoms with Crippen LogP contribution in [-0.2, 0) is 23.0 Å². The van der Waals surface area contributed by atoms with E-state index in [1.54, 1.807) is 35.2 Å². The highest BCUT2D eigenvalue weighted by Gasteiger charge is 2.24. The number of carbonyl (C=O) groups is 2. The van der Waals surface area contributed by atoms with Crippen LogP contribution in [0.25, 0.3) is 20.9 Å². The van der Waals surface area contributed by atoms with E-state index < -0.39 is 5.82 Å². The Balaban J connectivity index is 1.11. The number of ketones is 1. The van der Waals surface area contributed by atoms with E-state index in [0.29, 0.717) is 47.2 Å². The second-order valence-corrected chi connectivity index (χ2v) is 12.0. The number of benzene rings is 1. The minimum absolute atomic E-state index is 0.0837. The second-order valence-electron chi connectivity index (χ2n) is 11.0. The number of morpholine rings is 1. The van der Waals surface area contributed by atoms with Gasteiger partial charge < -0.3 is 19.4 Å². The van der Waals surface area contributed by atoms with Crippen LogP contribution < -0.4 is 10.1 Å². The number of rotatable bonds is 12. The van der Waals surface area contributed by atoms with Gasteiger partial charge in [-0.05, 0) is 55.5 Å². The van der Waals surface area contributed by atoms with Gasteiger partial charge in [-0.25, -0.2) is 9.37 Å². The highest BCUT2D eigenvalue weighted by molar-refractivity contribution is 7.22. The summed E-state index contributed by atoms with van der Waals surface area (Å²) < 4.78 is 28.8. The maximum absolute atomic E-state index is 15.0. The lowest BCUT2D eigenvalue weighted by Gasteiger charge is -2.26. The molecule has 220 valence electrons. The van der Waals surface area contributed by atoms with Crippen molar-refractivity contribution in [3.8, 4) is 22.2 Å². The zero-order chi connectivity index (χ0) is 29.1. The van der Waals surface area contributed by atoms with Gasteiger partial charge in [-0.1, -0.05) is 6.07 Å². The number of hydrogen-bond donors (Lipinski definition) is 1. The number of hydrogen-bond acceptors (Lipinski definition) is 8. The number of fused-ring (bicyclic) bond motifs is 1. The van der Waals surface area contributed by atoms with E-state index in [4.69, 9.17) is 9.47 Å². The number of nitrogens with zero attached hydrogens (tertiary/aromatic N) is 4. The van der Waals surface area contributed by atoms with Gasteiger partial charge in [0.2, 0.25) is 0 Å². The van der Waals surface area contributed by atoms with Crippen molar-refractivity contribution in [1.29, 1.82) is 0 Å². The van der Waals surface area contributed by atoms with Crippen molar-refractivity contribution in [2.75, 3.05) is 39.4 Å². The average Bonchev–Trinajstić information content (AvgIpc) is 3.54. The molecule has 0 spiro atoms. The Hall–Kier alpha value is -3.67. The summed E-state index contributed by atoms with van der Waals surface area (Å²) in [5, 5.41) is 3.00. The highest BCUT2D eigenvalue weighted by Crippen LogP contribution is 2.39. The maximum Gasteiger partial charge on any atom is 0.269 e. The zero-order valence-corrected chi connectivity index (χ0v) is 24.4. The van der Waals surface area contributed by atoms with Gasteiger partial charge in [-0.3, -0.25) is 19.5 Å². The molecule has 2 fully saturated rings. The van der Waals surface area contributed by atoms with Crippen molar-refractivity contribution in [2.24, 2.45) is 13.0 Å². The molecule has 1 aromatic carbocycles. The summed E-state index contributed by atoms with van der Waals surface area (Å²) >= 11 is 1.42. The van der Waals surface area contributed by atoms with Gasteiger partial charge in [-0.2, -0.15) is 0 Å². The Morgan fingerprint density at radius 1 is 1.14 bits per heavy atom. The molecule has 42 heavy (non-hydrogen) atoms. The van der Waals surface area contributed by atoms with Gasteiger partial charge in [0.05, 0.1) is 34.5 Å². The molecule has 3 aromatic heterocycles. The Kier molecular flexibility index (Phi) is 8.59. The third-order valence-electron chi connectivity index (χ3n) is 7.69. The molecule has 4 heterocycles. The van der Waals surface area contributed by atoms with Crippen LogP contribution >= 0.6 is 11.3 Å². The van der Waals surface area contributed by atoms with Crippen LogP contribution in [0.5, 0.6) is 11.5 Å². The highest BCUT2D eigenvalue weighted by atomic mass is 32.1. The molecule has 6 rings (SSSR count). The second kappa shape index (κ2) is 12.7. The van der Waals surface area contributed by atoms with Gasteiger partial charge >= 0.3 is 0 Å². The SMILES string of the molecule is Cn1c(C(=O)NCCCN2CCOCC2)cnc1-c1cc2nccc(Oc3ccc(CC(=O)CC4CC4)cc3F)c2s1. The molecule has 0 bridgehead atoms. The quantitative estimate of drug-likeness (QED) is 0.232. The number of halogens is 1. The maximum atomic E-state index is 15.0. The number of ether oxygens (including phenoxy) is 2. The fourth-order valence-corrected chi connectivity index (χ4v) is 6.27. The number of aromatic nitrogens is 3. The summed E-state index contributed by atoms with van der Waals surface area (Å²) in [6.45, 7) is 4.89. The normalized spacial score (nSPS) is 15.7. The third kappa shape index (κ3) is 6.69. The molecule has 2 aliphatic rings. The van der Waals surface area contributed by atoms with E-state index in [2.05, 4.69) is 20.2 Å². The molecular weight excluding hydrogens is 557 g/mol. The molecule has 1 aliphatic heterocycles. The van der Waals surface area contributed by atoms with Crippen LogP contribution in [0.2, 0.25) is 0 Å². The first-order chi connectivity index (χ1) is 20.4. The third-order valence-corrected chi connectivity index (χ3v) is 8.82. The summed E-state index contributed by atoms with van der Waals surface area (Å²) in [6.07, 6.45) is 7.10. The molecule has 1 aliphatic carbocycles. The molecular formula is C31H34FN5O4S. The predicted molar refractivity (Wildman–Crippen MR) is 159 cm³/mol. The van der Waals surface area contributed by atoms with E-state index in [1.165, 1.54) is 17.4 Å². The average molecular weight is 592 g/mol. The van der Waals surface area contributed by atoms with Crippen LogP contribution in [0.1, 0.15) is 41.7 Å². The van der Waals surface area contributed by atoms with Crippen LogP contribution in [-0.4, -0.2) is 70.5 Å². The molecule has 4 aromatic rings. The fraction of sp³-hybridized carbons (Fsp3) is 0.419. The first-order valence-corrected chi connectivity index (χ1v) is 15.2. The standard InChI is InChI=1S/C31H34FN5O4S/c1-36-25(31(39)34-8-2-10-37-11-13-40-14-12-37)19-35-30(36)28-18-24-29(42-28)27(7-9-33-24)41-26-6-5-21(17-23(26)32)16-22(38)15-20-3-4-20/h5-7,9,17-20H,2-4,8,10-16H2,1H3,(H,34,39). The van der Waals surface area contributed by atoms with Gasteiger partial charge in [0.15, 0.2) is 11.6 Å². The molecule has 1 saturated carbocycles. The van der Waals surface area contributed by atoms with Crippen LogP contribution in [0.4, 0.5) is 4.39 Å². The van der Waals surface area contributed by atoms with Crippen molar-refractivity contribution in [3.05, 3.63) is 59.8 Å². The summed E-state index contributed by atoms with van der Waals surface area (Å²) in [5.74, 6) is 1.16.